The lowest BCUT2D eigenvalue weighted by atomic mass is 9.92. The van der Waals surface area contributed by atoms with Crippen molar-refractivity contribution >= 4 is 0 Å². The molecule has 1 unspecified atom stereocenters. The Morgan fingerprint density at radius 1 is 1.32 bits per heavy atom. The first kappa shape index (κ1) is 12.1. The van der Waals surface area contributed by atoms with Gasteiger partial charge in [-0.3, -0.25) is 4.98 Å². The lowest BCUT2D eigenvalue weighted by Crippen LogP contribution is -2.19. The van der Waals surface area contributed by atoms with E-state index in [0.717, 1.165) is 17.9 Å². The zero-order chi connectivity index (χ0) is 13.2. The molecular weight excluding hydrogens is 243 g/mol. The summed E-state index contributed by atoms with van der Waals surface area (Å²) in [5.41, 5.74) is 1.71. The van der Waals surface area contributed by atoms with E-state index in [1.54, 1.807) is 6.20 Å². The molecule has 1 N–H and O–H groups in total. The standard InChI is InChI=1S/C15H15FN2O/c1-17-7-10-6-12-13(16)8-18-9-15(12)19-14-5-3-2-4-11(10)14/h2-5,8-10,17H,6-7H2,1H3. The Bertz CT molecular complexity index is 600. The van der Waals surface area contributed by atoms with Crippen LogP contribution in [0.2, 0.25) is 0 Å². The number of nitrogens with one attached hydrogen (secondary N) is 1. The summed E-state index contributed by atoms with van der Waals surface area (Å²) in [5.74, 6) is 1.20. The fraction of sp³-hybridized carbons (Fsp3) is 0.267. The molecule has 1 aromatic carbocycles. The number of hydrogen-bond acceptors (Lipinski definition) is 3. The van der Waals surface area contributed by atoms with Crippen LogP contribution in [-0.4, -0.2) is 18.6 Å². The van der Waals surface area contributed by atoms with Gasteiger partial charge < -0.3 is 10.1 Å². The zero-order valence-electron chi connectivity index (χ0n) is 10.7. The van der Waals surface area contributed by atoms with Gasteiger partial charge in [0, 0.05) is 18.0 Å². The van der Waals surface area contributed by atoms with E-state index >= 15 is 0 Å². The topological polar surface area (TPSA) is 34.2 Å². The summed E-state index contributed by atoms with van der Waals surface area (Å²) in [6.07, 6.45) is 3.44. The maximum absolute atomic E-state index is 13.9. The van der Waals surface area contributed by atoms with Crippen molar-refractivity contribution in [2.24, 2.45) is 0 Å². The molecule has 2 heterocycles. The van der Waals surface area contributed by atoms with Gasteiger partial charge in [-0.25, -0.2) is 4.39 Å². The van der Waals surface area contributed by atoms with Crippen molar-refractivity contribution in [1.82, 2.24) is 10.3 Å². The second-order valence-electron chi connectivity index (χ2n) is 4.70. The molecule has 0 bridgehead atoms. The molecule has 0 saturated carbocycles. The average molecular weight is 258 g/mol. The molecule has 0 spiro atoms. The number of halogens is 1. The highest BCUT2D eigenvalue weighted by Crippen LogP contribution is 2.39. The first-order chi connectivity index (χ1) is 9.29. The number of rotatable bonds is 2. The van der Waals surface area contributed by atoms with Crippen LogP contribution in [0.15, 0.2) is 36.7 Å². The molecule has 3 rings (SSSR count). The van der Waals surface area contributed by atoms with Crippen LogP contribution in [0.25, 0.3) is 0 Å². The predicted octanol–water partition coefficient (Wildman–Crippen LogP) is 2.87. The molecule has 19 heavy (non-hydrogen) atoms. The molecule has 1 aliphatic heterocycles. The van der Waals surface area contributed by atoms with Gasteiger partial charge in [-0.2, -0.15) is 0 Å². The van der Waals surface area contributed by atoms with Gasteiger partial charge in [-0.15, -0.1) is 0 Å². The van der Waals surface area contributed by atoms with Crippen molar-refractivity contribution in [1.29, 1.82) is 0 Å². The van der Waals surface area contributed by atoms with Crippen molar-refractivity contribution in [3.8, 4) is 11.5 Å². The summed E-state index contributed by atoms with van der Waals surface area (Å²) in [5, 5.41) is 3.16. The SMILES string of the molecule is CNCC1Cc2c(F)cncc2Oc2ccccc21. The molecule has 0 saturated heterocycles. The van der Waals surface area contributed by atoms with Crippen molar-refractivity contribution < 1.29 is 9.13 Å². The van der Waals surface area contributed by atoms with Crippen LogP contribution < -0.4 is 10.1 Å². The minimum Gasteiger partial charge on any atom is -0.455 e. The highest BCUT2D eigenvalue weighted by molar-refractivity contribution is 5.46. The summed E-state index contributed by atoms with van der Waals surface area (Å²) in [4.78, 5) is 3.87. The second-order valence-corrected chi connectivity index (χ2v) is 4.70. The lowest BCUT2D eigenvalue weighted by Gasteiger charge is -2.15. The van der Waals surface area contributed by atoms with Crippen LogP contribution in [0.1, 0.15) is 17.0 Å². The molecule has 1 aromatic heterocycles. The minimum atomic E-state index is -0.300. The third kappa shape index (κ3) is 2.19. The molecule has 4 heteroatoms. The van der Waals surface area contributed by atoms with Gasteiger partial charge in [0.2, 0.25) is 0 Å². The van der Waals surface area contributed by atoms with Gasteiger partial charge in [0.1, 0.15) is 11.6 Å². The molecule has 3 nitrogen and oxygen atoms in total. The number of pyridine rings is 1. The van der Waals surface area contributed by atoms with Gasteiger partial charge >= 0.3 is 0 Å². The van der Waals surface area contributed by atoms with E-state index in [0.29, 0.717) is 17.7 Å². The lowest BCUT2D eigenvalue weighted by molar-refractivity contribution is 0.468. The predicted molar refractivity (Wildman–Crippen MR) is 71.1 cm³/mol. The third-order valence-corrected chi connectivity index (χ3v) is 3.45. The van der Waals surface area contributed by atoms with Crippen LogP contribution in [0, 0.1) is 5.82 Å². The van der Waals surface area contributed by atoms with E-state index in [-0.39, 0.29) is 11.7 Å². The highest BCUT2D eigenvalue weighted by atomic mass is 19.1. The van der Waals surface area contributed by atoms with E-state index in [1.807, 2.05) is 31.3 Å². The maximum atomic E-state index is 13.9. The first-order valence-corrected chi connectivity index (χ1v) is 6.33. The Kier molecular flexibility index (Phi) is 3.17. The van der Waals surface area contributed by atoms with Crippen LogP contribution in [-0.2, 0) is 6.42 Å². The summed E-state index contributed by atoms with van der Waals surface area (Å²) in [7, 11) is 1.90. The summed E-state index contributed by atoms with van der Waals surface area (Å²) >= 11 is 0. The molecule has 0 amide bonds. The Labute approximate surface area is 111 Å². The van der Waals surface area contributed by atoms with E-state index in [9.17, 15) is 4.39 Å². The Hall–Kier alpha value is -1.94. The number of para-hydroxylation sites is 1. The quantitative estimate of drug-likeness (QED) is 0.899. The number of ether oxygens (including phenoxy) is 1. The summed E-state index contributed by atoms with van der Waals surface area (Å²) in [6, 6.07) is 7.86. The largest absolute Gasteiger partial charge is 0.455 e. The third-order valence-electron chi connectivity index (χ3n) is 3.45. The summed E-state index contributed by atoms with van der Waals surface area (Å²) in [6.45, 7) is 0.779. The fourth-order valence-electron chi connectivity index (χ4n) is 2.54. The maximum Gasteiger partial charge on any atom is 0.151 e. The van der Waals surface area contributed by atoms with Crippen molar-refractivity contribution in [3.05, 3.63) is 53.6 Å². The van der Waals surface area contributed by atoms with E-state index in [2.05, 4.69) is 10.3 Å². The van der Waals surface area contributed by atoms with Gasteiger partial charge in [0.15, 0.2) is 5.75 Å². The average Bonchev–Trinajstić information content (AvgIpc) is 2.57. The number of hydrogen-bond donors (Lipinski definition) is 1. The second kappa shape index (κ2) is 4.97. The molecular formula is C15H15FN2O. The highest BCUT2D eigenvalue weighted by Gasteiger charge is 2.25. The van der Waals surface area contributed by atoms with Crippen molar-refractivity contribution in [2.45, 2.75) is 12.3 Å². The van der Waals surface area contributed by atoms with Crippen molar-refractivity contribution in [3.63, 3.8) is 0 Å². The van der Waals surface area contributed by atoms with E-state index < -0.39 is 0 Å². The molecule has 0 radical (unpaired) electrons. The fourth-order valence-corrected chi connectivity index (χ4v) is 2.54. The Morgan fingerprint density at radius 2 is 2.16 bits per heavy atom. The number of aromatic nitrogens is 1. The molecule has 0 aliphatic carbocycles. The first-order valence-electron chi connectivity index (χ1n) is 6.33. The van der Waals surface area contributed by atoms with Gasteiger partial charge in [0.25, 0.3) is 0 Å². The smallest absolute Gasteiger partial charge is 0.151 e. The van der Waals surface area contributed by atoms with Crippen LogP contribution >= 0.6 is 0 Å². The number of nitrogens with zero attached hydrogens (tertiary/aromatic N) is 1. The molecule has 2 aromatic rings. The van der Waals surface area contributed by atoms with Crippen molar-refractivity contribution in [2.75, 3.05) is 13.6 Å². The minimum absolute atomic E-state index is 0.194. The number of benzene rings is 1. The zero-order valence-corrected chi connectivity index (χ0v) is 10.7. The monoisotopic (exact) mass is 258 g/mol. The van der Waals surface area contributed by atoms with Gasteiger partial charge in [0.05, 0.1) is 12.4 Å². The molecule has 0 fully saturated rings. The molecule has 1 aliphatic rings. The van der Waals surface area contributed by atoms with E-state index in [4.69, 9.17) is 4.74 Å². The van der Waals surface area contributed by atoms with E-state index in [1.165, 1.54) is 6.20 Å². The number of likely N-dealkylation sites (N-methyl/N-ethyl adjacent to an activating group) is 1. The van der Waals surface area contributed by atoms with Gasteiger partial charge in [-0.1, -0.05) is 18.2 Å². The van der Waals surface area contributed by atoms with Gasteiger partial charge in [-0.05, 0) is 25.1 Å². The number of fused-ring (bicyclic) bond motifs is 2. The van der Waals surface area contributed by atoms with Crippen LogP contribution in [0.5, 0.6) is 11.5 Å². The Balaban J connectivity index is 2.12. The normalized spacial score (nSPS) is 17.1. The van der Waals surface area contributed by atoms with Crippen LogP contribution in [0.4, 0.5) is 4.39 Å². The summed E-state index contributed by atoms with van der Waals surface area (Å²) < 4.78 is 19.8. The van der Waals surface area contributed by atoms with Crippen LogP contribution in [0.3, 0.4) is 0 Å². The molecule has 1 atom stereocenters. The Morgan fingerprint density at radius 3 is 3.00 bits per heavy atom. The molecule has 98 valence electrons.